The second-order valence-corrected chi connectivity index (χ2v) is 6.24. The number of hydrazone groups is 1. The SMILES string of the molecule is COc1cccc(C2=NN(C(=O)c3ccncc3F)C(C)(C)C2)c1. The zero-order valence-corrected chi connectivity index (χ0v) is 13.8. The molecule has 0 saturated carbocycles. The summed E-state index contributed by atoms with van der Waals surface area (Å²) in [7, 11) is 1.60. The van der Waals surface area contributed by atoms with E-state index in [2.05, 4.69) is 10.1 Å². The molecule has 0 fully saturated rings. The molecule has 0 aliphatic carbocycles. The maximum absolute atomic E-state index is 13.9. The summed E-state index contributed by atoms with van der Waals surface area (Å²) in [5, 5.41) is 5.81. The smallest absolute Gasteiger partial charge is 0.277 e. The Morgan fingerprint density at radius 1 is 1.33 bits per heavy atom. The standard InChI is InChI=1S/C18H18FN3O2/c1-18(2)10-16(12-5-4-6-13(9-12)24-3)21-22(18)17(23)14-7-8-20-11-15(14)19/h4-9,11H,10H2,1-3H3. The maximum atomic E-state index is 13.9. The van der Waals surface area contributed by atoms with Crippen LogP contribution in [0.25, 0.3) is 0 Å². The van der Waals surface area contributed by atoms with Crippen LogP contribution in [0, 0.1) is 5.82 Å². The fraction of sp³-hybridized carbons (Fsp3) is 0.278. The first-order valence-corrected chi connectivity index (χ1v) is 7.58. The summed E-state index contributed by atoms with van der Waals surface area (Å²) in [6, 6.07) is 8.87. The van der Waals surface area contributed by atoms with Crippen LogP contribution in [0.15, 0.2) is 47.8 Å². The molecule has 3 rings (SSSR count). The van der Waals surface area contributed by atoms with Crippen LogP contribution in [0.4, 0.5) is 4.39 Å². The van der Waals surface area contributed by atoms with Gasteiger partial charge >= 0.3 is 0 Å². The zero-order chi connectivity index (χ0) is 17.3. The molecule has 0 radical (unpaired) electrons. The lowest BCUT2D eigenvalue weighted by Crippen LogP contribution is -2.41. The van der Waals surface area contributed by atoms with Crippen molar-refractivity contribution >= 4 is 11.6 Å². The van der Waals surface area contributed by atoms with Crippen molar-refractivity contribution < 1.29 is 13.9 Å². The van der Waals surface area contributed by atoms with Crippen LogP contribution >= 0.6 is 0 Å². The molecule has 24 heavy (non-hydrogen) atoms. The van der Waals surface area contributed by atoms with E-state index in [1.54, 1.807) is 7.11 Å². The lowest BCUT2D eigenvalue weighted by atomic mass is 9.94. The van der Waals surface area contributed by atoms with E-state index in [0.717, 1.165) is 23.2 Å². The third-order valence-corrected chi connectivity index (χ3v) is 3.99. The first-order chi connectivity index (χ1) is 11.4. The largest absolute Gasteiger partial charge is 0.497 e. The van der Waals surface area contributed by atoms with Gasteiger partial charge in [0, 0.05) is 18.2 Å². The first-order valence-electron chi connectivity index (χ1n) is 7.58. The molecular weight excluding hydrogens is 309 g/mol. The summed E-state index contributed by atoms with van der Waals surface area (Å²) >= 11 is 0. The molecule has 0 N–H and O–H groups in total. The predicted octanol–water partition coefficient (Wildman–Crippen LogP) is 3.26. The topological polar surface area (TPSA) is 54.8 Å². The third-order valence-electron chi connectivity index (χ3n) is 3.99. The second-order valence-electron chi connectivity index (χ2n) is 6.24. The molecule has 2 heterocycles. The molecule has 0 atom stereocenters. The summed E-state index contributed by atoms with van der Waals surface area (Å²) in [4.78, 5) is 16.4. The molecule has 0 spiro atoms. The molecule has 1 aliphatic rings. The summed E-state index contributed by atoms with van der Waals surface area (Å²) in [5.41, 5.74) is 1.06. The van der Waals surface area contributed by atoms with Gasteiger partial charge in [-0.2, -0.15) is 5.10 Å². The number of amides is 1. The van der Waals surface area contributed by atoms with Crippen LogP contribution in [-0.4, -0.2) is 34.3 Å². The van der Waals surface area contributed by atoms with Gasteiger partial charge in [0.05, 0.1) is 30.1 Å². The van der Waals surface area contributed by atoms with Crippen molar-refractivity contribution in [2.24, 2.45) is 5.10 Å². The highest BCUT2D eigenvalue weighted by Gasteiger charge is 2.39. The van der Waals surface area contributed by atoms with Crippen molar-refractivity contribution in [3.8, 4) is 5.75 Å². The van der Waals surface area contributed by atoms with E-state index >= 15 is 0 Å². The third kappa shape index (κ3) is 2.87. The molecule has 1 amide bonds. The van der Waals surface area contributed by atoms with Gasteiger partial charge in [0.2, 0.25) is 0 Å². The van der Waals surface area contributed by atoms with Crippen molar-refractivity contribution in [1.82, 2.24) is 9.99 Å². The van der Waals surface area contributed by atoms with Gasteiger partial charge in [0.15, 0.2) is 5.82 Å². The Morgan fingerprint density at radius 3 is 2.83 bits per heavy atom. The zero-order valence-electron chi connectivity index (χ0n) is 13.8. The Kier molecular flexibility index (Phi) is 4.05. The number of benzene rings is 1. The normalized spacial score (nSPS) is 16.0. The van der Waals surface area contributed by atoms with E-state index in [9.17, 15) is 9.18 Å². The average Bonchev–Trinajstić information content (AvgIpc) is 2.90. The molecule has 2 aromatic rings. The summed E-state index contributed by atoms with van der Waals surface area (Å²) in [6.45, 7) is 3.81. The fourth-order valence-electron chi connectivity index (χ4n) is 2.72. The molecule has 0 unspecified atom stereocenters. The number of hydrogen-bond acceptors (Lipinski definition) is 4. The highest BCUT2D eigenvalue weighted by Crippen LogP contribution is 2.32. The van der Waals surface area contributed by atoms with Crippen LogP contribution in [-0.2, 0) is 0 Å². The highest BCUT2D eigenvalue weighted by molar-refractivity contribution is 6.05. The molecule has 1 aromatic heterocycles. The molecule has 5 nitrogen and oxygen atoms in total. The molecule has 0 bridgehead atoms. The van der Waals surface area contributed by atoms with Gasteiger partial charge < -0.3 is 4.74 Å². The number of carbonyl (C=O) groups excluding carboxylic acids is 1. The van der Waals surface area contributed by atoms with Crippen molar-refractivity contribution in [2.75, 3.05) is 7.11 Å². The summed E-state index contributed by atoms with van der Waals surface area (Å²) < 4.78 is 19.1. The lowest BCUT2D eigenvalue weighted by molar-refractivity contribution is 0.0607. The maximum Gasteiger partial charge on any atom is 0.277 e. The van der Waals surface area contributed by atoms with Gasteiger partial charge in [0.25, 0.3) is 5.91 Å². The second kappa shape index (κ2) is 6.03. The average molecular weight is 327 g/mol. The van der Waals surface area contributed by atoms with Crippen molar-refractivity contribution in [1.29, 1.82) is 0 Å². The van der Waals surface area contributed by atoms with Crippen LogP contribution in [0.1, 0.15) is 36.2 Å². The Labute approximate surface area is 139 Å². The minimum atomic E-state index is -0.650. The number of halogens is 1. The van der Waals surface area contributed by atoms with E-state index in [4.69, 9.17) is 4.74 Å². The Hall–Kier alpha value is -2.76. The van der Waals surface area contributed by atoms with Crippen molar-refractivity contribution in [3.63, 3.8) is 0 Å². The molecule has 1 aromatic carbocycles. The molecule has 0 saturated heterocycles. The lowest BCUT2D eigenvalue weighted by Gasteiger charge is -2.28. The van der Waals surface area contributed by atoms with E-state index in [1.165, 1.54) is 17.3 Å². The number of aromatic nitrogens is 1. The van der Waals surface area contributed by atoms with Crippen LogP contribution in [0.2, 0.25) is 0 Å². The number of nitrogens with zero attached hydrogens (tertiary/aromatic N) is 3. The monoisotopic (exact) mass is 327 g/mol. The summed E-state index contributed by atoms with van der Waals surface area (Å²) in [6.07, 6.45) is 2.99. The molecule has 6 heteroatoms. The Morgan fingerprint density at radius 2 is 2.12 bits per heavy atom. The first kappa shape index (κ1) is 16.1. The Balaban J connectivity index is 1.97. The van der Waals surface area contributed by atoms with E-state index in [-0.39, 0.29) is 5.56 Å². The number of methoxy groups -OCH3 is 1. The molecule has 1 aliphatic heterocycles. The fourth-order valence-corrected chi connectivity index (χ4v) is 2.72. The predicted molar refractivity (Wildman–Crippen MR) is 88.6 cm³/mol. The van der Waals surface area contributed by atoms with Gasteiger partial charge in [-0.05, 0) is 32.0 Å². The number of hydrogen-bond donors (Lipinski definition) is 0. The van der Waals surface area contributed by atoms with Gasteiger partial charge in [-0.15, -0.1) is 0 Å². The van der Waals surface area contributed by atoms with E-state index in [1.807, 2.05) is 38.1 Å². The number of ether oxygens (including phenoxy) is 1. The van der Waals surface area contributed by atoms with Gasteiger partial charge in [-0.1, -0.05) is 12.1 Å². The highest BCUT2D eigenvalue weighted by atomic mass is 19.1. The molecular formula is C18H18FN3O2. The minimum Gasteiger partial charge on any atom is -0.497 e. The van der Waals surface area contributed by atoms with Crippen LogP contribution in [0.5, 0.6) is 5.75 Å². The van der Waals surface area contributed by atoms with Gasteiger partial charge in [0.1, 0.15) is 5.75 Å². The van der Waals surface area contributed by atoms with Gasteiger partial charge in [-0.25, -0.2) is 9.40 Å². The van der Waals surface area contributed by atoms with Crippen LogP contribution < -0.4 is 4.74 Å². The summed E-state index contributed by atoms with van der Waals surface area (Å²) in [5.74, 6) is -0.404. The van der Waals surface area contributed by atoms with Crippen LogP contribution in [0.3, 0.4) is 0 Å². The minimum absolute atomic E-state index is 0.0336. The van der Waals surface area contributed by atoms with Crippen molar-refractivity contribution in [2.45, 2.75) is 25.8 Å². The number of carbonyl (C=O) groups is 1. The Bertz CT molecular complexity index is 817. The van der Waals surface area contributed by atoms with Gasteiger partial charge in [-0.3, -0.25) is 9.78 Å². The molecule has 124 valence electrons. The van der Waals surface area contributed by atoms with Crippen molar-refractivity contribution in [3.05, 3.63) is 59.7 Å². The number of pyridine rings is 1. The number of rotatable bonds is 3. The van der Waals surface area contributed by atoms with E-state index in [0.29, 0.717) is 6.42 Å². The van der Waals surface area contributed by atoms with E-state index < -0.39 is 17.3 Å². The quantitative estimate of drug-likeness (QED) is 0.869.